The lowest BCUT2D eigenvalue weighted by molar-refractivity contribution is -0.137. The number of carbonyl (C=O) groups excluding carboxylic acids is 1. The van der Waals surface area contributed by atoms with Gasteiger partial charge in [-0.1, -0.05) is 18.2 Å². The van der Waals surface area contributed by atoms with Gasteiger partial charge in [0.1, 0.15) is 0 Å². The summed E-state index contributed by atoms with van der Waals surface area (Å²) in [5.74, 6) is -0.447. The first-order valence-corrected chi connectivity index (χ1v) is 8.61. The van der Waals surface area contributed by atoms with Crippen molar-refractivity contribution in [1.29, 1.82) is 0 Å². The molecule has 1 aliphatic carbocycles. The number of carbonyl (C=O) groups is 1. The number of halogens is 3. The third-order valence-electron chi connectivity index (χ3n) is 4.32. The molecule has 3 atom stereocenters. The summed E-state index contributed by atoms with van der Waals surface area (Å²) in [4.78, 5) is 14.6. The van der Waals surface area contributed by atoms with E-state index in [1.807, 2.05) is 26.0 Å². The van der Waals surface area contributed by atoms with Crippen LogP contribution in [0.5, 0.6) is 0 Å². The molecular weight excluding hydrogens is 335 g/mol. The van der Waals surface area contributed by atoms with Gasteiger partial charge >= 0.3 is 6.18 Å². The maximum Gasteiger partial charge on any atom is 0.416 e. The van der Waals surface area contributed by atoms with Crippen molar-refractivity contribution in [3.63, 3.8) is 0 Å². The Labute approximate surface area is 142 Å². The molecule has 0 aliphatic heterocycles. The van der Waals surface area contributed by atoms with Crippen molar-refractivity contribution in [1.82, 2.24) is 5.32 Å². The summed E-state index contributed by atoms with van der Waals surface area (Å²) in [5.41, 5.74) is -0.0712. The highest BCUT2D eigenvalue weighted by molar-refractivity contribution is 7.12. The van der Waals surface area contributed by atoms with E-state index in [0.29, 0.717) is 12.0 Å². The predicted octanol–water partition coefficient (Wildman–Crippen LogP) is 5.06. The zero-order valence-corrected chi connectivity index (χ0v) is 14.2. The van der Waals surface area contributed by atoms with Crippen LogP contribution in [0.15, 0.2) is 36.4 Å². The Kier molecular flexibility index (Phi) is 4.42. The molecule has 1 aliphatic rings. The Bertz CT molecular complexity index is 753. The van der Waals surface area contributed by atoms with E-state index in [9.17, 15) is 18.0 Å². The normalized spacial score (nSPS) is 21.4. The lowest BCUT2D eigenvalue weighted by Crippen LogP contribution is -2.27. The number of rotatable bonds is 4. The maximum atomic E-state index is 12.8. The third-order valence-corrected chi connectivity index (χ3v) is 5.50. The molecular formula is C18H18F3NOS. The Morgan fingerprint density at radius 2 is 2.04 bits per heavy atom. The quantitative estimate of drug-likeness (QED) is 0.818. The van der Waals surface area contributed by atoms with Crippen molar-refractivity contribution in [2.75, 3.05) is 0 Å². The molecule has 2 aromatic rings. The summed E-state index contributed by atoms with van der Waals surface area (Å²) in [6, 6.07) is 9.19. The minimum Gasteiger partial charge on any atom is -0.349 e. The van der Waals surface area contributed by atoms with Crippen LogP contribution in [-0.2, 0) is 11.0 Å². The molecule has 0 bridgehead atoms. The van der Waals surface area contributed by atoms with E-state index in [-0.39, 0.29) is 23.8 Å². The predicted molar refractivity (Wildman–Crippen MR) is 87.9 cm³/mol. The smallest absolute Gasteiger partial charge is 0.349 e. The van der Waals surface area contributed by atoms with Crippen molar-refractivity contribution >= 4 is 17.2 Å². The highest BCUT2D eigenvalue weighted by Gasteiger charge is 2.45. The fourth-order valence-electron chi connectivity index (χ4n) is 2.88. The first-order valence-electron chi connectivity index (χ1n) is 7.79. The Balaban J connectivity index is 1.63. The summed E-state index contributed by atoms with van der Waals surface area (Å²) in [6.45, 7) is 3.93. The van der Waals surface area contributed by atoms with E-state index in [1.54, 1.807) is 17.4 Å². The summed E-state index contributed by atoms with van der Waals surface area (Å²) >= 11 is 1.63. The Morgan fingerprint density at radius 3 is 2.67 bits per heavy atom. The minimum atomic E-state index is -4.35. The van der Waals surface area contributed by atoms with Gasteiger partial charge in [-0.3, -0.25) is 4.79 Å². The maximum absolute atomic E-state index is 12.8. The second-order valence-corrected chi connectivity index (χ2v) is 7.57. The van der Waals surface area contributed by atoms with Crippen molar-refractivity contribution in [2.24, 2.45) is 5.92 Å². The molecule has 1 heterocycles. The van der Waals surface area contributed by atoms with Crippen LogP contribution in [0.25, 0.3) is 0 Å². The molecule has 128 valence electrons. The molecule has 0 spiro atoms. The number of nitrogens with one attached hydrogen (secondary N) is 1. The van der Waals surface area contributed by atoms with Crippen molar-refractivity contribution in [3.05, 3.63) is 57.3 Å². The van der Waals surface area contributed by atoms with Crippen LogP contribution in [0.4, 0.5) is 13.2 Å². The number of amides is 1. The molecule has 3 unspecified atom stereocenters. The summed E-state index contributed by atoms with van der Waals surface area (Å²) in [7, 11) is 0. The molecule has 1 aromatic heterocycles. The molecule has 1 N–H and O–H groups in total. The molecule has 0 radical (unpaired) electrons. The SMILES string of the molecule is Cc1ccc(C(C)NC(=O)C2CC2c2cccc(C(F)(F)F)c2)s1. The molecule has 1 saturated carbocycles. The Morgan fingerprint density at radius 1 is 1.29 bits per heavy atom. The molecule has 1 fully saturated rings. The van der Waals surface area contributed by atoms with Gasteiger partial charge < -0.3 is 5.32 Å². The van der Waals surface area contributed by atoms with E-state index < -0.39 is 11.7 Å². The number of benzene rings is 1. The highest BCUT2D eigenvalue weighted by Crippen LogP contribution is 2.48. The first kappa shape index (κ1) is 17.0. The number of aryl methyl sites for hydroxylation is 1. The number of thiophene rings is 1. The van der Waals surface area contributed by atoms with Gasteiger partial charge in [0.2, 0.25) is 5.91 Å². The fraction of sp³-hybridized carbons (Fsp3) is 0.389. The van der Waals surface area contributed by atoms with Crippen LogP contribution in [0.2, 0.25) is 0 Å². The first-order chi connectivity index (χ1) is 11.3. The summed E-state index contributed by atoms with van der Waals surface area (Å²) < 4.78 is 38.4. The zero-order valence-electron chi connectivity index (χ0n) is 13.4. The summed E-state index contributed by atoms with van der Waals surface area (Å²) in [6.07, 6.45) is -3.75. The van der Waals surface area contributed by atoms with Crippen LogP contribution in [0.3, 0.4) is 0 Å². The second kappa shape index (κ2) is 6.24. The minimum absolute atomic E-state index is 0.0843. The van der Waals surface area contributed by atoms with Crippen molar-refractivity contribution in [2.45, 2.75) is 38.4 Å². The second-order valence-electron chi connectivity index (χ2n) is 6.25. The average molecular weight is 353 g/mol. The number of alkyl halides is 3. The highest BCUT2D eigenvalue weighted by atomic mass is 32.1. The van der Waals surface area contributed by atoms with E-state index in [1.165, 1.54) is 10.9 Å². The zero-order chi connectivity index (χ0) is 17.5. The van der Waals surface area contributed by atoms with Gasteiger partial charge in [-0.25, -0.2) is 0 Å². The van der Waals surface area contributed by atoms with Gasteiger partial charge in [0.25, 0.3) is 0 Å². The lowest BCUT2D eigenvalue weighted by Gasteiger charge is -2.12. The number of hydrogen-bond acceptors (Lipinski definition) is 2. The van der Waals surface area contributed by atoms with Gasteiger partial charge in [0.05, 0.1) is 11.6 Å². The van der Waals surface area contributed by atoms with Crippen LogP contribution in [0.1, 0.15) is 46.2 Å². The van der Waals surface area contributed by atoms with Gasteiger partial charge in [-0.15, -0.1) is 11.3 Å². The molecule has 6 heteroatoms. The van der Waals surface area contributed by atoms with E-state index >= 15 is 0 Å². The van der Waals surface area contributed by atoms with Gasteiger partial charge in [0.15, 0.2) is 0 Å². The molecule has 1 aromatic carbocycles. The number of hydrogen-bond donors (Lipinski definition) is 1. The molecule has 2 nitrogen and oxygen atoms in total. The van der Waals surface area contributed by atoms with Crippen molar-refractivity contribution in [3.8, 4) is 0 Å². The van der Waals surface area contributed by atoms with Gasteiger partial charge in [-0.2, -0.15) is 13.2 Å². The van der Waals surface area contributed by atoms with Gasteiger partial charge in [0, 0.05) is 15.7 Å². The van der Waals surface area contributed by atoms with E-state index in [0.717, 1.165) is 17.0 Å². The monoisotopic (exact) mass is 353 g/mol. The van der Waals surface area contributed by atoms with Crippen LogP contribution in [0, 0.1) is 12.8 Å². The molecule has 1 amide bonds. The van der Waals surface area contributed by atoms with Gasteiger partial charge in [-0.05, 0) is 49.9 Å². The largest absolute Gasteiger partial charge is 0.416 e. The lowest BCUT2D eigenvalue weighted by atomic mass is 10.1. The summed E-state index contributed by atoms with van der Waals surface area (Å²) in [5, 5.41) is 2.97. The molecule has 24 heavy (non-hydrogen) atoms. The molecule has 3 rings (SSSR count). The van der Waals surface area contributed by atoms with Crippen LogP contribution in [-0.4, -0.2) is 5.91 Å². The van der Waals surface area contributed by atoms with E-state index in [2.05, 4.69) is 5.32 Å². The molecule has 0 saturated heterocycles. The average Bonchev–Trinajstić information content (AvgIpc) is 3.21. The Hall–Kier alpha value is -1.82. The fourth-order valence-corrected chi connectivity index (χ4v) is 3.76. The van der Waals surface area contributed by atoms with Crippen LogP contribution < -0.4 is 5.32 Å². The standard InChI is InChI=1S/C18H18F3NOS/c1-10-6-7-16(24-10)11(2)22-17(23)15-9-14(15)12-4-3-5-13(8-12)18(19,20)21/h3-8,11,14-15H,9H2,1-2H3,(H,22,23). The third kappa shape index (κ3) is 3.64. The topological polar surface area (TPSA) is 29.1 Å². The van der Waals surface area contributed by atoms with Crippen molar-refractivity contribution < 1.29 is 18.0 Å². The van der Waals surface area contributed by atoms with Crippen LogP contribution >= 0.6 is 11.3 Å². The van der Waals surface area contributed by atoms with E-state index in [4.69, 9.17) is 0 Å².